The van der Waals surface area contributed by atoms with Crippen molar-refractivity contribution < 1.29 is 44.9 Å². The maximum atomic E-state index is 12.5. The molecule has 0 bridgehead atoms. The number of aliphatic hydroxyl groups is 6. The maximum Gasteiger partial charge on any atom is 0.220 e. The number of carbonyl (C=O) groups is 1. The Morgan fingerprint density at radius 1 is 1.00 bits per heavy atom. The van der Waals surface area contributed by atoms with Gasteiger partial charge in [0.2, 0.25) is 5.91 Å². The van der Waals surface area contributed by atoms with Crippen molar-refractivity contribution in [2.45, 2.75) is 133 Å². The van der Waals surface area contributed by atoms with E-state index in [1.165, 1.54) is 18.5 Å². The molecule has 5 unspecified atom stereocenters. The molecule has 0 aromatic carbocycles. The molecule has 1 aliphatic heterocycles. The van der Waals surface area contributed by atoms with E-state index in [0.29, 0.717) is 6.42 Å². The fraction of sp³-hybridized carbons (Fsp3) is 0.958. The minimum Gasteiger partial charge on any atom is -0.394 e. The molecule has 1 fully saturated rings. The summed E-state index contributed by atoms with van der Waals surface area (Å²) >= 11 is 0. The number of nitrogens with one attached hydrogen (secondary N) is 1. The van der Waals surface area contributed by atoms with Gasteiger partial charge in [-0.3, -0.25) is 4.79 Å². The van der Waals surface area contributed by atoms with Crippen molar-refractivity contribution in [1.29, 1.82) is 0 Å². The molecular weight excluding hydrogens is 474 g/mol. The second kappa shape index (κ2) is 16.3. The minimum atomic E-state index is -1.60. The zero-order valence-corrected chi connectivity index (χ0v) is 22.8. The van der Waals surface area contributed by atoms with Gasteiger partial charge in [-0.2, -0.15) is 0 Å². The van der Waals surface area contributed by atoms with Gasteiger partial charge in [-0.15, -0.1) is 0 Å². The molecule has 35 heavy (non-hydrogen) atoms. The van der Waals surface area contributed by atoms with Crippen LogP contribution in [0.2, 0.25) is 25.2 Å². The second-order valence-corrected chi connectivity index (χ2v) is 16.0. The third kappa shape index (κ3) is 11.1. The third-order valence-corrected chi connectivity index (χ3v) is 10.7. The van der Waals surface area contributed by atoms with Crippen LogP contribution in [0.5, 0.6) is 0 Å². The van der Waals surface area contributed by atoms with Gasteiger partial charge in [0, 0.05) is 14.5 Å². The highest BCUT2D eigenvalue weighted by molar-refractivity contribution is 6.77. The van der Waals surface area contributed by atoms with Crippen molar-refractivity contribution in [2.24, 2.45) is 0 Å². The van der Waals surface area contributed by atoms with E-state index in [0.717, 1.165) is 19.3 Å². The molecule has 0 radical (unpaired) electrons. The van der Waals surface area contributed by atoms with Crippen LogP contribution >= 0.6 is 0 Å². The summed E-state index contributed by atoms with van der Waals surface area (Å²) in [7, 11) is -1.03. The van der Waals surface area contributed by atoms with Gasteiger partial charge >= 0.3 is 0 Å². The lowest BCUT2D eigenvalue weighted by Gasteiger charge is -2.40. The molecule has 8 atom stereocenters. The highest BCUT2D eigenvalue weighted by atomic mass is 28.3. The van der Waals surface area contributed by atoms with Gasteiger partial charge in [-0.05, 0) is 12.8 Å². The number of rotatable bonds is 17. The Bertz CT molecular complexity index is 595. The fourth-order valence-electron chi connectivity index (χ4n) is 4.01. The van der Waals surface area contributed by atoms with Crippen LogP contribution in [0.4, 0.5) is 0 Å². The van der Waals surface area contributed by atoms with E-state index >= 15 is 0 Å². The van der Waals surface area contributed by atoms with Gasteiger partial charge in [-0.1, -0.05) is 64.7 Å². The predicted molar refractivity (Wildman–Crippen MR) is 134 cm³/mol. The minimum absolute atomic E-state index is 0.255. The molecule has 0 spiro atoms. The molecule has 11 heteroatoms. The van der Waals surface area contributed by atoms with E-state index in [9.17, 15) is 35.4 Å². The van der Waals surface area contributed by atoms with Gasteiger partial charge in [-0.25, -0.2) is 0 Å². The molecule has 1 saturated heterocycles. The summed E-state index contributed by atoms with van der Waals surface area (Å²) in [5, 5.41) is 62.5. The lowest BCUT2D eigenvalue weighted by Crippen LogP contribution is -2.60. The number of amides is 1. The smallest absolute Gasteiger partial charge is 0.220 e. The van der Waals surface area contributed by atoms with E-state index in [4.69, 9.17) is 9.47 Å². The molecule has 0 aliphatic carbocycles. The molecule has 1 aliphatic rings. The molecule has 1 rings (SSSR count). The molecule has 10 nitrogen and oxygen atoms in total. The van der Waals surface area contributed by atoms with E-state index in [1.54, 1.807) is 6.92 Å². The molecule has 208 valence electrons. The Hall–Kier alpha value is -0.633. The normalized spacial score (nSPS) is 27.9. The Morgan fingerprint density at radius 3 is 2.23 bits per heavy atom. The largest absolute Gasteiger partial charge is 0.394 e. The van der Waals surface area contributed by atoms with Crippen LogP contribution in [0.3, 0.4) is 0 Å². The standard InChI is InChI=1S/C24H49NO9Si/c1-5-17(27)20(29)16(15-33-24-23(32)22(31)21(30)18(14-26)34-24)25-19(28)12-10-8-7-9-11-13-35(3,4)6-2/h16-18,20-24,26-27,29-32H,5-15H2,1-4H3,(H,25,28)/t16-,17+,18?,20-,21?,22?,23?,24?/m0/s1. The van der Waals surface area contributed by atoms with Crippen LogP contribution in [0.15, 0.2) is 0 Å². The van der Waals surface area contributed by atoms with Crippen molar-refractivity contribution in [3.63, 3.8) is 0 Å². The topological polar surface area (TPSA) is 169 Å². The predicted octanol–water partition coefficient (Wildman–Crippen LogP) is 0.488. The average molecular weight is 524 g/mol. The Labute approximate surface area is 210 Å². The first-order chi connectivity index (χ1) is 16.5. The molecule has 0 aromatic rings. The Balaban J connectivity index is 2.53. The van der Waals surface area contributed by atoms with Gasteiger partial charge in [0.05, 0.1) is 25.4 Å². The zero-order valence-electron chi connectivity index (χ0n) is 21.8. The van der Waals surface area contributed by atoms with E-state index in [2.05, 4.69) is 25.3 Å². The summed E-state index contributed by atoms with van der Waals surface area (Å²) in [4.78, 5) is 12.5. The molecule has 7 N–H and O–H groups in total. The van der Waals surface area contributed by atoms with Crippen molar-refractivity contribution in [2.75, 3.05) is 13.2 Å². The number of carbonyl (C=O) groups excluding carboxylic acids is 1. The number of aliphatic hydroxyl groups excluding tert-OH is 6. The molecule has 0 saturated carbocycles. The average Bonchev–Trinajstić information content (AvgIpc) is 2.84. The fourth-order valence-corrected chi connectivity index (χ4v) is 5.57. The maximum absolute atomic E-state index is 12.5. The number of unbranched alkanes of at least 4 members (excludes halogenated alkanes) is 4. The van der Waals surface area contributed by atoms with Crippen LogP contribution in [0, 0.1) is 0 Å². The van der Waals surface area contributed by atoms with Crippen LogP contribution in [0.1, 0.15) is 58.8 Å². The summed E-state index contributed by atoms with van der Waals surface area (Å²) in [5.74, 6) is -0.283. The summed E-state index contributed by atoms with van der Waals surface area (Å²) in [5.41, 5.74) is 0. The summed E-state index contributed by atoms with van der Waals surface area (Å²) in [6, 6.07) is 1.65. The zero-order chi connectivity index (χ0) is 26.6. The van der Waals surface area contributed by atoms with Crippen molar-refractivity contribution in [1.82, 2.24) is 5.32 Å². The van der Waals surface area contributed by atoms with Crippen molar-refractivity contribution in [3.8, 4) is 0 Å². The number of ether oxygens (including phenoxy) is 2. The summed E-state index contributed by atoms with van der Waals surface area (Å²) in [6.45, 7) is 7.88. The first-order valence-electron chi connectivity index (χ1n) is 13.0. The van der Waals surface area contributed by atoms with Gasteiger partial charge in [0.1, 0.15) is 30.5 Å². The quantitative estimate of drug-likeness (QED) is 0.106. The van der Waals surface area contributed by atoms with Crippen LogP contribution in [-0.2, 0) is 14.3 Å². The SMILES string of the molecule is CC[C@@H](O)[C@@H](O)[C@H](COC1OC(CO)C(O)C(O)C1O)NC(=O)CCCCCCC[Si](C)(C)CC. The highest BCUT2D eigenvalue weighted by Crippen LogP contribution is 2.23. The van der Waals surface area contributed by atoms with Gasteiger partial charge in [0.25, 0.3) is 0 Å². The van der Waals surface area contributed by atoms with E-state index in [-0.39, 0.29) is 25.4 Å². The lowest BCUT2D eigenvalue weighted by atomic mass is 9.99. The third-order valence-electron chi connectivity index (χ3n) is 7.07. The lowest BCUT2D eigenvalue weighted by molar-refractivity contribution is -0.303. The van der Waals surface area contributed by atoms with Crippen LogP contribution < -0.4 is 5.32 Å². The molecule has 1 heterocycles. The van der Waals surface area contributed by atoms with Crippen molar-refractivity contribution in [3.05, 3.63) is 0 Å². The van der Waals surface area contributed by atoms with E-state index in [1.807, 2.05) is 0 Å². The Kier molecular flexibility index (Phi) is 15.0. The summed E-state index contributed by atoms with van der Waals surface area (Å²) < 4.78 is 10.8. The highest BCUT2D eigenvalue weighted by Gasteiger charge is 2.44. The van der Waals surface area contributed by atoms with E-state index < -0.39 is 63.6 Å². The first kappa shape index (κ1) is 32.4. The van der Waals surface area contributed by atoms with Gasteiger partial charge < -0.3 is 45.4 Å². The van der Waals surface area contributed by atoms with Gasteiger partial charge in [0.15, 0.2) is 6.29 Å². The summed E-state index contributed by atoms with van der Waals surface area (Å²) in [6.07, 6.45) is -4.00. The molecule has 0 aromatic heterocycles. The van der Waals surface area contributed by atoms with Crippen molar-refractivity contribution >= 4 is 14.0 Å². The number of hydrogen-bond acceptors (Lipinski definition) is 9. The Morgan fingerprint density at radius 2 is 1.63 bits per heavy atom. The molecule has 1 amide bonds. The monoisotopic (exact) mass is 523 g/mol. The van der Waals surface area contributed by atoms with Crippen LogP contribution in [0.25, 0.3) is 0 Å². The second-order valence-electron chi connectivity index (χ2n) is 10.5. The first-order valence-corrected chi connectivity index (χ1v) is 16.5. The molecular formula is C24H49NO9Si. The van der Waals surface area contributed by atoms with Crippen LogP contribution in [-0.4, -0.2) is 107 Å². The number of hydrogen-bond donors (Lipinski definition) is 7.